The van der Waals surface area contributed by atoms with Crippen LogP contribution in [-0.4, -0.2) is 50.6 Å². The average molecular weight is 642 g/mol. The Kier molecular flexibility index (Phi) is 19.0. The Hall–Kier alpha value is -2.14. The van der Waals surface area contributed by atoms with Gasteiger partial charge in [0.1, 0.15) is 12.8 Å². The minimum Gasteiger partial charge on any atom is -0.255 e. The smallest absolute Gasteiger partial charge is 0.255 e. The number of hydrogen-bond acceptors (Lipinski definition) is 2. The van der Waals surface area contributed by atoms with Gasteiger partial charge in [-0.25, -0.2) is 9.47 Å². The minimum absolute atomic E-state index is 0.250. The lowest BCUT2D eigenvalue weighted by Gasteiger charge is -2.22. The summed E-state index contributed by atoms with van der Waals surface area (Å²) in [5, 5.41) is 0. The van der Waals surface area contributed by atoms with Gasteiger partial charge in [-0.1, -0.05) is 0 Å². The zero-order valence-electron chi connectivity index (χ0n) is 18.3. The molecule has 238 valence electrons. The molecule has 0 saturated heterocycles. The molecule has 0 aromatic rings. The quantitative estimate of drug-likeness (QED) is 0.246. The Morgan fingerprint density at radius 1 is 0.487 bits per heavy atom. The Bertz CT molecular complexity index is 680. The van der Waals surface area contributed by atoms with Crippen LogP contribution in [0.3, 0.4) is 0 Å². The van der Waals surface area contributed by atoms with Crippen LogP contribution in [0.5, 0.6) is 0 Å². The first-order valence-electron chi connectivity index (χ1n) is 8.36. The zero-order valence-corrected chi connectivity index (χ0v) is 18.3. The normalized spacial score (nSPS) is 12.6. The van der Waals surface area contributed by atoms with Crippen molar-refractivity contribution >= 4 is 0 Å². The molecule has 0 atom stereocenters. The Morgan fingerprint density at radius 2 is 0.667 bits per heavy atom. The maximum Gasteiger partial charge on any atom is 0.419 e. The van der Waals surface area contributed by atoms with E-state index < -0.39 is 73.4 Å². The summed E-state index contributed by atoms with van der Waals surface area (Å²) in [6.45, 7) is 1.21. The van der Waals surface area contributed by atoms with E-state index in [2.05, 4.69) is 9.47 Å². The fourth-order valence-electron chi connectivity index (χ4n) is 1.22. The largest absolute Gasteiger partial charge is 0.419 e. The third kappa shape index (κ3) is 23.5. The van der Waals surface area contributed by atoms with Gasteiger partial charge in [-0.15, -0.1) is 0 Å². The van der Waals surface area contributed by atoms with Crippen LogP contribution < -0.4 is 0 Å². The van der Waals surface area contributed by atoms with Crippen molar-refractivity contribution in [1.82, 2.24) is 0 Å². The topological polar surface area (TPSA) is 18.5 Å². The Morgan fingerprint density at radius 3 is 0.795 bits per heavy atom. The van der Waals surface area contributed by atoms with Crippen LogP contribution in [0.25, 0.3) is 0 Å². The molecule has 0 saturated carbocycles. The third-order valence-corrected chi connectivity index (χ3v) is 2.21. The predicted octanol–water partition coefficient (Wildman–Crippen LogP) is 10.00. The van der Waals surface area contributed by atoms with Crippen LogP contribution in [0, 0.1) is 0 Å². The van der Waals surface area contributed by atoms with Crippen molar-refractivity contribution < 1.29 is 106 Å². The lowest BCUT2D eigenvalue weighted by Crippen LogP contribution is -2.37. The molecule has 0 N–H and O–H groups in total. The van der Waals surface area contributed by atoms with E-state index in [-0.39, 0.29) is 6.67 Å². The van der Waals surface area contributed by atoms with Gasteiger partial charge in [-0.05, 0) is 6.92 Å². The number of rotatable bonds is 8. The van der Waals surface area contributed by atoms with Gasteiger partial charge >= 0.3 is 48.9 Å². The predicted molar refractivity (Wildman–Crippen MR) is 82.7 cm³/mol. The number of hydrogen-bond donors (Lipinski definition) is 0. The molecule has 0 fully saturated rings. The van der Waals surface area contributed by atoms with E-state index in [0.717, 1.165) is 0 Å². The second kappa shape index (κ2) is 16.8. The first kappa shape index (κ1) is 43.9. The van der Waals surface area contributed by atoms with Crippen LogP contribution in [-0.2, 0) is 9.47 Å². The fraction of sp³-hybridized carbons (Fsp3) is 0.733. The molecule has 0 heterocycles. The lowest BCUT2D eigenvalue weighted by atomic mass is 10.4. The highest BCUT2D eigenvalue weighted by atomic mass is 19.4. The lowest BCUT2D eigenvalue weighted by molar-refractivity contribution is -0.386. The molecule has 0 aliphatic carbocycles. The van der Waals surface area contributed by atoms with Crippen molar-refractivity contribution in [2.24, 2.45) is 0 Å². The van der Waals surface area contributed by atoms with Gasteiger partial charge in [0, 0.05) is 0 Å². The molecule has 0 aliphatic rings. The summed E-state index contributed by atoms with van der Waals surface area (Å²) in [6, 6.07) is 0. The molecule has 0 unspecified atom stereocenters. The summed E-state index contributed by atoms with van der Waals surface area (Å²) in [5.41, 5.74) is 0. The molecule has 0 rings (SSSR count). The zero-order chi connectivity index (χ0) is 32.8. The molecular formula is C15H12F22O2. The van der Waals surface area contributed by atoms with E-state index in [0.29, 0.717) is 7.18 Å². The van der Waals surface area contributed by atoms with Gasteiger partial charge in [0.2, 0.25) is 0 Å². The second-order valence-corrected chi connectivity index (χ2v) is 5.51. The van der Waals surface area contributed by atoms with Crippen molar-refractivity contribution in [3.05, 3.63) is 23.8 Å². The molecular weight excluding hydrogens is 630 g/mol. The summed E-state index contributed by atoms with van der Waals surface area (Å²) in [5.74, 6) is -7.36. The summed E-state index contributed by atoms with van der Waals surface area (Å²) in [7, 11) is 0.500. The van der Waals surface area contributed by atoms with Crippen molar-refractivity contribution in [1.29, 1.82) is 0 Å². The van der Waals surface area contributed by atoms with Gasteiger partial charge in [0.25, 0.3) is 11.7 Å². The van der Waals surface area contributed by atoms with E-state index in [1.807, 2.05) is 0 Å². The van der Waals surface area contributed by atoms with Gasteiger partial charge < -0.3 is 0 Å². The highest BCUT2D eigenvalue weighted by molar-refractivity contribution is 5.00. The second-order valence-electron chi connectivity index (χ2n) is 5.51. The van der Waals surface area contributed by atoms with Crippen molar-refractivity contribution in [3.8, 4) is 0 Å². The number of alkyl halides is 16. The molecule has 0 radical (unpaired) electrons. The first-order valence-corrected chi connectivity index (χ1v) is 8.36. The monoisotopic (exact) mass is 642 g/mol. The molecule has 0 amide bonds. The SMILES string of the molecule is CCF.CF.FC(F)=C(F)C(F)(F)OC(F)(F)CC(F)(F)F.FC(F)=C(F)C(F)(F)OC(F)(F)CC(F)(F)F. The van der Waals surface area contributed by atoms with Crippen LogP contribution in [0.15, 0.2) is 23.8 Å². The highest BCUT2D eigenvalue weighted by Crippen LogP contribution is 2.41. The molecule has 39 heavy (non-hydrogen) atoms. The van der Waals surface area contributed by atoms with Crippen LogP contribution in [0.4, 0.5) is 96.6 Å². The van der Waals surface area contributed by atoms with Gasteiger partial charge in [0.15, 0.2) is 0 Å². The van der Waals surface area contributed by atoms with Crippen molar-refractivity contribution in [2.75, 3.05) is 13.9 Å². The van der Waals surface area contributed by atoms with E-state index in [1.165, 1.54) is 6.92 Å². The van der Waals surface area contributed by atoms with E-state index in [4.69, 9.17) is 0 Å². The molecule has 0 aromatic carbocycles. The Labute approximate surface area is 201 Å². The maximum atomic E-state index is 12.2. The molecule has 0 aliphatic heterocycles. The maximum absolute atomic E-state index is 12.2. The number of halogens is 22. The summed E-state index contributed by atoms with van der Waals surface area (Å²) in [6.07, 6.45) is -47.7. The van der Waals surface area contributed by atoms with Crippen molar-refractivity contribution in [3.63, 3.8) is 0 Å². The van der Waals surface area contributed by atoms with Gasteiger partial charge in [-0.3, -0.25) is 8.78 Å². The molecule has 0 aromatic heterocycles. The standard InChI is InChI=1S/2C6H2F10O.C2H5F.CH3F/c2*7-2(3(8)9)6(15,16)17-5(13,14)1-4(10,11)12;1-2-3;1-2/h2*1H2;2H2,1H3;1H3. The fourth-order valence-corrected chi connectivity index (χ4v) is 1.22. The molecule has 0 spiro atoms. The molecule has 2 nitrogen and oxygen atoms in total. The van der Waals surface area contributed by atoms with Crippen LogP contribution >= 0.6 is 0 Å². The van der Waals surface area contributed by atoms with Crippen molar-refractivity contribution in [2.45, 2.75) is 56.6 Å². The number of ether oxygens (including phenoxy) is 2. The van der Waals surface area contributed by atoms with E-state index in [9.17, 15) is 96.6 Å². The van der Waals surface area contributed by atoms with Crippen LogP contribution in [0.1, 0.15) is 19.8 Å². The molecule has 24 heteroatoms. The Balaban J connectivity index is -0.000000269. The van der Waals surface area contributed by atoms with Gasteiger partial charge in [-0.2, -0.15) is 87.8 Å². The minimum atomic E-state index is -5.85. The van der Waals surface area contributed by atoms with Gasteiger partial charge in [0.05, 0.1) is 13.9 Å². The third-order valence-electron chi connectivity index (χ3n) is 2.21. The highest BCUT2D eigenvalue weighted by Gasteiger charge is 2.55. The summed E-state index contributed by atoms with van der Waals surface area (Å²) < 4.78 is 259. The molecule has 0 bridgehead atoms. The summed E-state index contributed by atoms with van der Waals surface area (Å²) >= 11 is 0. The van der Waals surface area contributed by atoms with E-state index >= 15 is 0 Å². The average Bonchev–Trinajstić information content (AvgIpc) is 2.63. The van der Waals surface area contributed by atoms with E-state index in [1.54, 1.807) is 0 Å². The van der Waals surface area contributed by atoms with Crippen LogP contribution in [0.2, 0.25) is 0 Å². The summed E-state index contributed by atoms with van der Waals surface area (Å²) in [4.78, 5) is 0. The first-order chi connectivity index (χ1) is 17.0.